The lowest BCUT2D eigenvalue weighted by Gasteiger charge is -2.15. The molecule has 0 aliphatic rings. The van der Waals surface area contributed by atoms with Crippen LogP contribution in [0.4, 0.5) is 0 Å². The van der Waals surface area contributed by atoms with Crippen molar-refractivity contribution in [2.24, 2.45) is 0 Å². The maximum Gasteiger partial charge on any atom is 0.311 e. The molecule has 40 heavy (non-hydrogen) atoms. The first kappa shape index (κ1) is 30.8. The Morgan fingerprint density at radius 2 is 1.43 bits per heavy atom. The van der Waals surface area contributed by atoms with Crippen LogP contribution in [0.5, 0.6) is 23.0 Å². The van der Waals surface area contributed by atoms with Crippen LogP contribution >= 0.6 is 0 Å². The molecule has 0 amide bonds. The van der Waals surface area contributed by atoms with Crippen molar-refractivity contribution in [1.82, 2.24) is 0 Å². The quantitative estimate of drug-likeness (QED) is 0.0896. The Hall–Kier alpha value is -3.77. The van der Waals surface area contributed by atoms with Gasteiger partial charge in [-0.1, -0.05) is 101 Å². The van der Waals surface area contributed by atoms with E-state index in [2.05, 4.69) is 6.92 Å². The number of phenolic OH excluding ortho intramolecular Hbond substituents is 2. The van der Waals surface area contributed by atoms with Gasteiger partial charge >= 0.3 is 5.97 Å². The molecule has 0 aliphatic carbocycles. The Balaban J connectivity index is 1.56. The standard InChI is InChI=1S/C34H42O6/c1-2-3-4-5-6-7-8-9-13-16-34(38)40-32-23-28(35)19-17-27(32)18-22-31(37)30-21-20-29(36)24-33(30)39-25-26-14-11-10-12-15-26/h10-12,14-15,17-24,31,35-37H,2-9,13,16,25H2,1H3. The Morgan fingerprint density at radius 1 is 0.800 bits per heavy atom. The predicted molar refractivity (Wildman–Crippen MR) is 158 cm³/mol. The van der Waals surface area contributed by atoms with Crippen molar-refractivity contribution in [2.45, 2.75) is 83.8 Å². The van der Waals surface area contributed by atoms with E-state index in [0.717, 1.165) is 24.8 Å². The number of hydrogen-bond acceptors (Lipinski definition) is 6. The summed E-state index contributed by atoms with van der Waals surface area (Å²) in [5.74, 6) is 0.259. The van der Waals surface area contributed by atoms with Crippen LogP contribution in [-0.4, -0.2) is 21.3 Å². The fraction of sp³-hybridized carbons (Fsp3) is 0.382. The molecule has 0 aliphatic heterocycles. The number of unbranched alkanes of at least 4 members (excludes halogenated alkanes) is 8. The molecular formula is C34H42O6. The van der Waals surface area contributed by atoms with E-state index in [9.17, 15) is 20.1 Å². The Bertz CT molecular complexity index is 1200. The molecular weight excluding hydrogens is 504 g/mol. The van der Waals surface area contributed by atoms with Gasteiger partial charge in [-0.05, 0) is 36.2 Å². The van der Waals surface area contributed by atoms with Gasteiger partial charge in [-0.2, -0.15) is 0 Å². The molecule has 0 heterocycles. The number of rotatable bonds is 17. The van der Waals surface area contributed by atoms with Crippen LogP contribution in [0.25, 0.3) is 6.08 Å². The molecule has 0 aromatic heterocycles. The van der Waals surface area contributed by atoms with E-state index in [0.29, 0.717) is 23.3 Å². The van der Waals surface area contributed by atoms with Crippen LogP contribution in [-0.2, 0) is 11.4 Å². The first-order valence-electron chi connectivity index (χ1n) is 14.4. The smallest absolute Gasteiger partial charge is 0.311 e. The molecule has 0 bridgehead atoms. The molecule has 1 atom stereocenters. The molecule has 0 spiro atoms. The Morgan fingerprint density at radius 3 is 2.12 bits per heavy atom. The van der Waals surface area contributed by atoms with Gasteiger partial charge in [0.25, 0.3) is 0 Å². The van der Waals surface area contributed by atoms with E-state index >= 15 is 0 Å². The molecule has 6 heteroatoms. The van der Waals surface area contributed by atoms with E-state index in [4.69, 9.17) is 9.47 Å². The normalized spacial score (nSPS) is 11.9. The summed E-state index contributed by atoms with van der Waals surface area (Å²) in [4.78, 5) is 12.5. The average Bonchev–Trinajstić information content (AvgIpc) is 2.95. The van der Waals surface area contributed by atoms with Crippen LogP contribution < -0.4 is 9.47 Å². The number of phenols is 2. The summed E-state index contributed by atoms with van der Waals surface area (Å²) in [5, 5.41) is 30.8. The zero-order chi connectivity index (χ0) is 28.6. The predicted octanol–water partition coefficient (Wildman–Crippen LogP) is 8.25. The number of aliphatic hydroxyl groups is 1. The van der Waals surface area contributed by atoms with E-state index in [1.807, 2.05) is 30.3 Å². The fourth-order valence-corrected chi connectivity index (χ4v) is 4.43. The minimum absolute atomic E-state index is 0.0151. The lowest BCUT2D eigenvalue weighted by atomic mass is 10.1. The zero-order valence-corrected chi connectivity index (χ0v) is 23.4. The highest BCUT2D eigenvalue weighted by molar-refractivity contribution is 5.74. The van der Waals surface area contributed by atoms with Gasteiger partial charge in [0.1, 0.15) is 35.7 Å². The van der Waals surface area contributed by atoms with Gasteiger partial charge in [0.2, 0.25) is 0 Å². The number of hydrogen-bond donors (Lipinski definition) is 3. The van der Waals surface area contributed by atoms with Gasteiger partial charge in [-0.25, -0.2) is 0 Å². The molecule has 0 fully saturated rings. The second-order valence-electron chi connectivity index (χ2n) is 10.1. The number of carbonyl (C=O) groups excluding carboxylic acids is 1. The number of carbonyl (C=O) groups is 1. The van der Waals surface area contributed by atoms with E-state index < -0.39 is 6.10 Å². The number of aliphatic hydroxyl groups excluding tert-OH is 1. The summed E-state index contributed by atoms with van der Waals surface area (Å²) in [7, 11) is 0. The number of esters is 1. The third kappa shape index (κ3) is 10.8. The van der Waals surface area contributed by atoms with E-state index in [1.165, 1.54) is 62.8 Å². The number of ether oxygens (including phenoxy) is 2. The summed E-state index contributed by atoms with van der Waals surface area (Å²) in [6.45, 7) is 2.50. The minimum Gasteiger partial charge on any atom is -0.508 e. The summed E-state index contributed by atoms with van der Waals surface area (Å²) in [6, 6.07) is 18.7. The summed E-state index contributed by atoms with van der Waals surface area (Å²) in [5.41, 5.74) is 1.98. The zero-order valence-electron chi connectivity index (χ0n) is 23.4. The molecule has 3 aromatic carbocycles. The maximum atomic E-state index is 12.5. The maximum absolute atomic E-state index is 12.5. The third-order valence-corrected chi connectivity index (χ3v) is 6.72. The topological polar surface area (TPSA) is 96.2 Å². The van der Waals surface area contributed by atoms with Gasteiger partial charge in [-0.3, -0.25) is 4.79 Å². The van der Waals surface area contributed by atoms with Crippen LogP contribution in [0.2, 0.25) is 0 Å². The van der Waals surface area contributed by atoms with Crippen molar-refractivity contribution in [3.05, 3.63) is 89.5 Å². The molecule has 3 rings (SSSR count). The van der Waals surface area contributed by atoms with Gasteiger partial charge in [-0.15, -0.1) is 0 Å². The van der Waals surface area contributed by atoms with Crippen molar-refractivity contribution in [3.63, 3.8) is 0 Å². The fourth-order valence-electron chi connectivity index (χ4n) is 4.43. The second-order valence-corrected chi connectivity index (χ2v) is 10.1. The van der Waals surface area contributed by atoms with Crippen LogP contribution in [0.15, 0.2) is 72.8 Å². The highest BCUT2D eigenvalue weighted by atomic mass is 16.5. The molecule has 6 nitrogen and oxygen atoms in total. The van der Waals surface area contributed by atoms with Crippen LogP contribution in [0.3, 0.4) is 0 Å². The molecule has 214 valence electrons. The van der Waals surface area contributed by atoms with Gasteiger partial charge < -0.3 is 24.8 Å². The third-order valence-electron chi connectivity index (χ3n) is 6.72. The monoisotopic (exact) mass is 546 g/mol. The molecule has 0 saturated carbocycles. The number of benzene rings is 3. The highest BCUT2D eigenvalue weighted by Gasteiger charge is 2.14. The first-order chi connectivity index (χ1) is 19.5. The highest BCUT2D eigenvalue weighted by Crippen LogP contribution is 2.32. The van der Waals surface area contributed by atoms with Gasteiger partial charge in [0, 0.05) is 29.7 Å². The van der Waals surface area contributed by atoms with Gasteiger partial charge in [0.05, 0.1) is 0 Å². The molecule has 0 radical (unpaired) electrons. The molecule has 3 aromatic rings. The molecule has 3 N–H and O–H groups in total. The van der Waals surface area contributed by atoms with Crippen molar-refractivity contribution in [2.75, 3.05) is 0 Å². The van der Waals surface area contributed by atoms with E-state index in [1.54, 1.807) is 24.3 Å². The number of aromatic hydroxyl groups is 2. The lowest BCUT2D eigenvalue weighted by Crippen LogP contribution is -2.08. The van der Waals surface area contributed by atoms with Crippen molar-refractivity contribution in [1.29, 1.82) is 0 Å². The largest absolute Gasteiger partial charge is 0.508 e. The van der Waals surface area contributed by atoms with E-state index in [-0.39, 0.29) is 29.8 Å². The average molecular weight is 547 g/mol. The van der Waals surface area contributed by atoms with Crippen molar-refractivity contribution >= 4 is 12.0 Å². The van der Waals surface area contributed by atoms with Crippen molar-refractivity contribution in [3.8, 4) is 23.0 Å². The first-order valence-corrected chi connectivity index (χ1v) is 14.4. The summed E-state index contributed by atoms with van der Waals surface area (Å²) >= 11 is 0. The lowest BCUT2D eigenvalue weighted by molar-refractivity contribution is -0.134. The summed E-state index contributed by atoms with van der Waals surface area (Å²) < 4.78 is 11.5. The van der Waals surface area contributed by atoms with Crippen LogP contribution in [0, 0.1) is 0 Å². The molecule has 1 unspecified atom stereocenters. The Labute approximate surface area is 237 Å². The second kappa shape index (κ2) is 17.0. The van der Waals surface area contributed by atoms with Gasteiger partial charge in [0.15, 0.2) is 0 Å². The van der Waals surface area contributed by atoms with Crippen molar-refractivity contribution < 1.29 is 29.6 Å². The molecule has 0 saturated heterocycles. The summed E-state index contributed by atoms with van der Waals surface area (Å²) in [6.07, 6.45) is 12.9. The van der Waals surface area contributed by atoms with Crippen LogP contribution in [0.1, 0.15) is 93.9 Å². The minimum atomic E-state index is -1.05. The SMILES string of the molecule is CCCCCCCCCCCC(=O)Oc1cc(O)ccc1C=CC(O)c1ccc(O)cc1OCc1ccccc1. The Kier molecular flexibility index (Phi) is 13.1.